The highest BCUT2D eigenvalue weighted by Crippen LogP contribution is 2.17. The van der Waals surface area contributed by atoms with E-state index >= 15 is 0 Å². The fraction of sp³-hybridized carbons (Fsp3) is 0.316. The maximum absolute atomic E-state index is 12.2. The van der Waals surface area contributed by atoms with Gasteiger partial charge in [0.25, 0.3) is 5.91 Å². The topological polar surface area (TPSA) is 75.7 Å². The number of hydrogen-bond acceptors (Lipinski definition) is 4. The largest absolute Gasteiger partial charge is 0.484 e. The Morgan fingerprint density at radius 2 is 1.73 bits per heavy atom. The van der Waals surface area contributed by atoms with Crippen molar-refractivity contribution in [2.24, 2.45) is 0 Å². The monoisotopic (exact) mass is 376 g/mol. The number of carbonyl (C=O) groups excluding carboxylic acids is 1. The lowest BCUT2D eigenvalue weighted by atomic mass is 10.3. The lowest BCUT2D eigenvalue weighted by molar-refractivity contribution is -0.120. The number of benzene rings is 2. The molecule has 0 saturated carbocycles. The predicted octanol–water partition coefficient (Wildman–Crippen LogP) is 2.81. The van der Waals surface area contributed by atoms with E-state index in [9.17, 15) is 13.2 Å². The number of para-hydroxylation sites is 1. The van der Waals surface area contributed by atoms with Gasteiger partial charge in [0.05, 0.1) is 4.90 Å². The highest BCUT2D eigenvalue weighted by atomic mass is 32.2. The Kier molecular flexibility index (Phi) is 7.17. The Balaban J connectivity index is 1.92. The molecule has 26 heavy (non-hydrogen) atoms. The first kappa shape index (κ1) is 19.9. The quantitative estimate of drug-likeness (QED) is 0.683. The molecule has 2 rings (SSSR count). The minimum absolute atomic E-state index is 0.133. The molecular weight excluding hydrogens is 352 g/mol. The molecule has 2 aromatic rings. The fourth-order valence-corrected chi connectivity index (χ4v) is 3.29. The zero-order valence-electron chi connectivity index (χ0n) is 15.0. The molecule has 0 saturated heterocycles. The third kappa shape index (κ3) is 5.57. The van der Waals surface area contributed by atoms with E-state index in [1.807, 2.05) is 37.3 Å². The molecule has 0 fully saturated rings. The average Bonchev–Trinajstić information content (AvgIpc) is 2.66. The molecule has 0 radical (unpaired) electrons. The minimum Gasteiger partial charge on any atom is -0.484 e. The van der Waals surface area contributed by atoms with Gasteiger partial charge in [0.15, 0.2) is 6.61 Å². The first-order valence-electron chi connectivity index (χ1n) is 8.48. The van der Waals surface area contributed by atoms with Crippen LogP contribution in [0.2, 0.25) is 0 Å². The summed E-state index contributed by atoms with van der Waals surface area (Å²) in [5.41, 5.74) is 0.778. The number of rotatable bonds is 9. The van der Waals surface area contributed by atoms with Crippen molar-refractivity contribution in [1.82, 2.24) is 4.72 Å². The molecule has 0 unspecified atom stereocenters. The summed E-state index contributed by atoms with van der Waals surface area (Å²) >= 11 is 0. The summed E-state index contributed by atoms with van der Waals surface area (Å²) in [7, 11) is -1.83. The summed E-state index contributed by atoms with van der Waals surface area (Å²) in [6, 6.07) is 15.3. The molecule has 0 atom stereocenters. The molecule has 7 heteroatoms. The maximum Gasteiger partial charge on any atom is 0.264 e. The molecule has 6 nitrogen and oxygen atoms in total. The van der Waals surface area contributed by atoms with Crippen molar-refractivity contribution >= 4 is 21.6 Å². The van der Waals surface area contributed by atoms with Crippen molar-refractivity contribution in [2.75, 3.05) is 25.1 Å². The van der Waals surface area contributed by atoms with Crippen molar-refractivity contribution in [1.29, 1.82) is 0 Å². The van der Waals surface area contributed by atoms with Gasteiger partial charge < -0.3 is 9.64 Å². The molecule has 0 heterocycles. The molecule has 0 aliphatic rings. The molecule has 0 aromatic heterocycles. The van der Waals surface area contributed by atoms with Crippen LogP contribution >= 0.6 is 0 Å². The number of anilines is 1. The van der Waals surface area contributed by atoms with E-state index in [0.717, 1.165) is 18.5 Å². The zero-order chi connectivity index (χ0) is 19.0. The van der Waals surface area contributed by atoms with Gasteiger partial charge in [0, 0.05) is 19.3 Å². The van der Waals surface area contributed by atoms with Gasteiger partial charge in [-0.3, -0.25) is 4.79 Å². The average molecular weight is 376 g/mol. The highest BCUT2D eigenvalue weighted by molar-refractivity contribution is 7.89. The number of ether oxygens (including phenoxy) is 1. The second-order valence-electron chi connectivity index (χ2n) is 5.80. The Morgan fingerprint density at radius 3 is 2.35 bits per heavy atom. The van der Waals surface area contributed by atoms with Crippen LogP contribution in [-0.2, 0) is 14.8 Å². The molecule has 0 aliphatic carbocycles. The number of nitrogens with one attached hydrogen (secondary N) is 1. The van der Waals surface area contributed by atoms with Crippen LogP contribution in [0.15, 0.2) is 59.5 Å². The third-order valence-electron chi connectivity index (χ3n) is 3.84. The summed E-state index contributed by atoms with van der Waals surface area (Å²) in [5.74, 6) is 0.237. The van der Waals surface area contributed by atoms with Crippen molar-refractivity contribution in [3.63, 3.8) is 0 Å². The van der Waals surface area contributed by atoms with Gasteiger partial charge in [-0.15, -0.1) is 0 Å². The van der Waals surface area contributed by atoms with Gasteiger partial charge in [0.1, 0.15) is 5.75 Å². The number of likely N-dealkylation sites (N-methyl/N-ethyl adjacent to an activating group) is 1. The normalized spacial score (nSPS) is 11.2. The van der Waals surface area contributed by atoms with E-state index in [-0.39, 0.29) is 17.4 Å². The molecule has 0 aliphatic heterocycles. The summed E-state index contributed by atoms with van der Waals surface area (Å²) in [5, 5.41) is 0. The number of amides is 1. The summed E-state index contributed by atoms with van der Waals surface area (Å²) in [4.78, 5) is 13.9. The Bertz CT molecular complexity index is 805. The van der Waals surface area contributed by atoms with E-state index in [4.69, 9.17) is 4.74 Å². The molecular formula is C19H24N2O4S. The number of carbonyl (C=O) groups is 1. The van der Waals surface area contributed by atoms with Crippen LogP contribution in [0.1, 0.15) is 19.8 Å². The van der Waals surface area contributed by atoms with E-state index in [2.05, 4.69) is 4.72 Å². The molecule has 0 bridgehead atoms. The van der Waals surface area contributed by atoms with Crippen molar-refractivity contribution < 1.29 is 17.9 Å². The van der Waals surface area contributed by atoms with Gasteiger partial charge in [0.2, 0.25) is 10.0 Å². The van der Waals surface area contributed by atoms with Crippen LogP contribution in [0, 0.1) is 0 Å². The van der Waals surface area contributed by atoms with E-state index < -0.39 is 10.0 Å². The third-order valence-corrected chi connectivity index (χ3v) is 5.31. The van der Waals surface area contributed by atoms with Gasteiger partial charge in [-0.05, 0) is 42.8 Å². The van der Waals surface area contributed by atoms with E-state index in [1.165, 1.54) is 17.0 Å². The lowest BCUT2D eigenvalue weighted by Crippen LogP contribution is -2.31. The Hall–Kier alpha value is -2.38. The second kappa shape index (κ2) is 9.35. The van der Waals surface area contributed by atoms with Gasteiger partial charge in [-0.1, -0.05) is 31.5 Å². The highest BCUT2D eigenvalue weighted by Gasteiger charge is 2.14. The number of sulfonamides is 1. The van der Waals surface area contributed by atoms with E-state index in [0.29, 0.717) is 12.3 Å². The zero-order valence-corrected chi connectivity index (χ0v) is 15.8. The molecule has 0 spiro atoms. The smallest absolute Gasteiger partial charge is 0.264 e. The summed E-state index contributed by atoms with van der Waals surface area (Å²) in [6.07, 6.45) is 1.71. The number of nitrogens with zero attached hydrogens (tertiary/aromatic N) is 1. The van der Waals surface area contributed by atoms with Gasteiger partial charge >= 0.3 is 0 Å². The molecule has 1 amide bonds. The van der Waals surface area contributed by atoms with Crippen molar-refractivity contribution in [3.8, 4) is 5.75 Å². The molecule has 1 N–H and O–H groups in total. The van der Waals surface area contributed by atoms with Gasteiger partial charge in [-0.25, -0.2) is 13.1 Å². The van der Waals surface area contributed by atoms with Crippen molar-refractivity contribution in [3.05, 3.63) is 54.6 Å². The Labute approximate surface area is 154 Å². The van der Waals surface area contributed by atoms with Crippen LogP contribution in [0.25, 0.3) is 0 Å². The first-order valence-corrected chi connectivity index (χ1v) is 9.96. The first-order chi connectivity index (χ1) is 12.4. The van der Waals surface area contributed by atoms with Gasteiger partial charge in [-0.2, -0.15) is 0 Å². The number of hydrogen-bond donors (Lipinski definition) is 1. The van der Waals surface area contributed by atoms with E-state index in [1.54, 1.807) is 19.2 Å². The predicted molar refractivity (Wildman–Crippen MR) is 102 cm³/mol. The fourth-order valence-electron chi connectivity index (χ4n) is 2.22. The van der Waals surface area contributed by atoms with Crippen LogP contribution in [0.3, 0.4) is 0 Å². The second-order valence-corrected chi connectivity index (χ2v) is 7.57. The lowest BCUT2D eigenvalue weighted by Gasteiger charge is -2.17. The SMILES string of the molecule is CCCCNS(=O)(=O)c1ccc(OCC(=O)N(C)c2ccccc2)cc1. The van der Waals surface area contributed by atoms with Crippen LogP contribution in [0.5, 0.6) is 5.75 Å². The molecule has 2 aromatic carbocycles. The maximum atomic E-state index is 12.2. The minimum atomic E-state index is -3.51. The number of unbranched alkanes of at least 4 members (excludes halogenated alkanes) is 1. The standard InChI is InChI=1S/C19H24N2O4S/c1-3-4-14-20-26(23,24)18-12-10-17(11-13-18)25-15-19(22)21(2)16-8-6-5-7-9-16/h5-13,20H,3-4,14-15H2,1-2H3. The summed E-state index contributed by atoms with van der Waals surface area (Å²) < 4.78 is 32.3. The van der Waals surface area contributed by atoms with Crippen LogP contribution < -0.4 is 14.4 Å². The van der Waals surface area contributed by atoms with Crippen molar-refractivity contribution in [2.45, 2.75) is 24.7 Å². The van der Waals surface area contributed by atoms with Crippen LogP contribution in [-0.4, -0.2) is 34.5 Å². The summed E-state index contributed by atoms with van der Waals surface area (Å²) in [6.45, 7) is 2.28. The Morgan fingerprint density at radius 1 is 1.08 bits per heavy atom. The van der Waals surface area contributed by atoms with Crippen LogP contribution in [0.4, 0.5) is 5.69 Å². The molecule has 140 valence electrons.